The molecule has 0 bridgehead atoms. The third kappa shape index (κ3) is 8.48. The van der Waals surface area contributed by atoms with Gasteiger partial charge in [0.15, 0.2) is 0 Å². The number of carbonyl (C=O) groups is 3. The number of esters is 2. The molecule has 1 N–H and O–H groups in total. The Hall–Kier alpha value is -3.16. The average molecular weight is 390 g/mol. The number of anilines is 1. The molecule has 0 aliphatic carbocycles. The van der Waals surface area contributed by atoms with Crippen LogP contribution in [-0.2, 0) is 30.3 Å². The first-order valence-electron chi connectivity index (χ1n) is 8.82. The number of ether oxygens (including phenoxy) is 2. The Morgan fingerprint density at radius 1 is 1.14 bits per heavy atom. The Balaban J connectivity index is 2.56. The number of aryl methyl sites for hydroxylation is 1. The van der Waals surface area contributed by atoms with Crippen molar-refractivity contribution in [3.8, 4) is 0 Å². The van der Waals surface area contributed by atoms with E-state index < -0.39 is 18.0 Å². The van der Waals surface area contributed by atoms with E-state index in [9.17, 15) is 14.4 Å². The number of nitrogens with zero attached hydrogens (tertiary/aromatic N) is 1. The summed E-state index contributed by atoms with van der Waals surface area (Å²) < 4.78 is 9.90. The minimum Gasteiger partial charge on any atom is -0.462 e. The number of nitrogens with one attached hydrogen (secondary N) is 1. The predicted molar refractivity (Wildman–Crippen MR) is 105 cm³/mol. The molecule has 0 aromatic heterocycles. The molecule has 8 nitrogen and oxygen atoms in total. The summed E-state index contributed by atoms with van der Waals surface area (Å²) >= 11 is 0. The van der Waals surface area contributed by atoms with E-state index in [0.717, 1.165) is 5.56 Å². The Morgan fingerprint density at radius 2 is 1.82 bits per heavy atom. The second kappa shape index (κ2) is 11.5. The molecule has 0 unspecified atom stereocenters. The van der Waals surface area contributed by atoms with Gasteiger partial charge < -0.3 is 9.47 Å². The molecular weight excluding hydrogens is 364 g/mol. The van der Waals surface area contributed by atoms with Crippen LogP contribution in [0.15, 0.2) is 35.5 Å². The minimum absolute atomic E-state index is 0.0118. The summed E-state index contributed by atoms with van der Waals surface area (Å²) in [6, 6.07) is 5.13. The molecule has 0 saturated heterocycles. The van der Waals surface area contributed by atoms with Crippen LogP contribution >= 0.6 is 0 Å². The molecular formula is C20H26N2O6. The molecule has 0 heterocycles. The molecule has 152 valence electrons. The normalized spacial score (nSPS) is 10.8. The summed E-state index contributed by atoms with van der Waals surface area (Å²) in [4.78, 5) is 39.7. The molecule has 1 aromatic rings. The second-order valence-electron chi connectivity index (χ2n) is 6.14. The number of hydrogen-bond acceptors (Lipinski definition) is 7. The van der Waals surface area contributed by atoms with E-state index in [1.165, 1.54) is 6.92 Å². The van der Waals surface area contributed by atoms with Crippen LogP contribution in [0.1, 0.15) is 38.3 Å². The molecule has 0 aliphatic rings. The van der Waals surface area contributed by atoms with Crippen molar-refractivity contribution in [3.63, 3.8) is 0 Å². The van der Waals surface area contributed by atoms with Gasteiger partial charge >= 0.3 is 18.0 Å². The van der Waals surface area contributed by atoms with Crippen LogP contribution in [0.3, 0.4) is 0 Å². The van der Waals surface area contributed by atoms with E-state index in [0.29, 0.717) is 23.4 Å². The molecule has 0 saturated carbocycles. The molecule has 0 spiro atoms. The first-order chi connectivity index (χ1) is 13.2. The molecule has 1 rings (SSSR count). The predicted octanol–water partition coefficient (Wildman–Crippen LogP) is 3.53. The maximum Gasteiger partial charge on any atom is 0.437 e. The number of oxime groups is 1. The van der Waals surface area contributed by atoms with E-state index in [1.54, 1.807) is 25.1 Å². The Kier molecular flexibility index (Phi) is 9.42. The number of hydrogen-bond donors (Lipinski definition) is 1. The fourth-order valence-corrected chi connectivity index (χ4v) is 1.88. The summed E-state index contributed by atoms with van der Waals surface area (Å²) in [5.74, 6) is -1.01. The van der Waals surface area contributed by atoms with Crippen LogP contribution < -0.4 is 5.32 Å². The van der Waals surface area contributed by atoms with Gasteiger partial charge in [-0.3, -0.25) is 14.9 Å². The molecule has 0 aliphatic heterocycles. The summed E-state index contributed by atoms with van der Waals surface area (Å²) in [7, 11) is 0. The lowest BCUT2D eigenvalue weighted by atomic mass is 10.0. The van der Waals surface area contributed by atoms with Crippen LogP contribution in [0.2, 0.25) is 0 Å². The summed E-state index contributed by atoms with van der Waals surface area (Å²) in [5, 5.41) is 6.23. The fraction of sp³-hybridized carbons (Fsp3) is 0.400. The van der Waals surface area contributed by atoms with E-state index in [1.807, 2.05) is 13.8 Å². The van der Waals surface area contributed by atoms with Crippen molar-refractivity contribution in [1.29, 1.82) is 0 Å². The zero-order valence-electron chi connectivity index (χ0n) is 16.7. The SMILES string of the molecule is C=C(C)C(=O)OCCOC(=O)Cc1cc(NC(=O)O/N=C(\C)CC)ccc1C. The van der Waals surface area contributed by atoms with Crippen LogP contribution in [0.25, 0.3) is 0 Å². The van der Waals surface area contributed by atoms with Gasteiger partial charge in [0.1, 0.15) is 13.2 Å². The van der Waals surface area contributed by atoms with E-state index in [2.05, 4.69) is 17.1 Å². The maximum absolute atomic E-state index is 12.0. The van der Waals surface area contributed by atoms with Crippen molar-refractivity contribution < 1.29 is 28.7 Å². The largest absolute Gasteiger partial charge is 0.462 e. The Labute approximate surface area is 164 Å². The van der Waals surface area contributed by atoms with Crippen LogP contribution in [-0.4, -0.2) is 37.0 Å². The summed E-state index contributed by atoms with van der Waals surface area (Å²) in [6.45, 7) is 10.4. The first-order valence-corrected chi connectivity index (χ1v) is 8.82. The highest BCUT2D eigenvalue weighted by molar-refractivity contribution is 5.87. The smallest absolute Gasteiger partial charge is 0.437 e. The van der Waals surface area contributed by atoms with Gasteiger partial charge in [0, 0.05) is 11.3 Å². The summed E-state index contributed by atoms with van der Waals surface area (Å²) in [6.07, 6.45) is -0.0292. The van der Waals surface area contributed by atoms with Gasteiger partial charge in [-0.25, -0.2) is 9.59 Å². The number of carbonyl (C=O) groups excluding carboxylic acids is 3. The highest BCUT2D eigenvalue weighted by Gasteiger charge is 2.11. The third-order valence-electron chi connectivity index (χ3n) is 3.65. The van der Waals surface area contributed by atoms with Crippen molar-refractivity contribution in [2.45, 2.75) is 40.5 Å². The number of benzene rings is 1. The lowest BCUT2D eigenvalue weighted by Crippen LogP contribution is -2.16. The molecule has 1 amide bonds. The lowest BCUT2D eigenvalue weighted by Gasteiger charge is -2.10. The molecule has 1 aromatic carbocycles. The van der Waals surface area contributed by atoms with E-state index >= 15 is 0 Å². The van der Waals surface area contributed by atoms with Gasteiger partial charge in [0.25, 0.3) is 0 Å². The van der Waals surface area contributed by atoms with Crippen molar-refractivity contribution in [1.82, 2.24) is 0 Å². The van der Waals surface area contributed by atoms with Crippen LogP contribution in [0.5, 0.6) is 0 Å². The first kappa shape index (κ1) is 22.9. The second-order valence-corrected chi connectivity index (χ2v) is 6.14. The molecule has 0 radical (unpaired) electrons. The van der Waals surface area contributed by atoms with Crippen molar-refractivity contribution in [3.05, 3.63) is 41.5 Å². The van der Waals surface area contributed by atoms with Gasteiger partial charge in [-0.05, 0) is 50.5 Å². The average Bonchev–Trinajstić information content (AvgIpc) is 2.65. The van der Waals surface area contributed by atoms with Gasteiger partial charge in [-0.15, -0.1) is 0 Å². The van der Waals surface area contributed by atoms with Gasteiger partial charge in [-0.2, -0.15) is 0 Å². The van der Waals surface area contributed by atoms with Crippen LogP contribution in [0, 0.1) is 6.92 Å². The number of rotatable bonds is 9. The lowest BCUT2D eigenvalue weighted by molar-refractivity contribution is -0.149. The molecule has 0 atom stereocenters. The highest BCUT2D eigenvalue weighted by atomic mass is 16.7. The third-order valence-corrected chi connectivity index (χ3v) is 3.65. The van der Waals surface area contributed by atoms with Crippen molar-refractivity contribution >= 4 is 29.4 Å². The minimum atomic E-state index is -0.718. The monoisotopic (exact) mass is 390 g/mol. The van der Waals surface area contributed by atoms with E-state index in [4.69, 9.17) is 14.3 Å². The zero-order valence-corrected chi connectivity index (χ0v) is 16.7. The molecule has 28 heavy (non-hydrogen) atoms. The standard InChI is InChI=1S/C20H26N2O6/c1-6-15(5)22-28-20(25)21-17-8-7-14(4)16(11-17)12-18(23)26-9-10-27-19(24)13(2)3/h7-8,11H,2,6,9-10,12H2,1,3-5H3,(H,21,25)/b22-15+. The van der Waals surface area contributed by atoms with E-state index in [-0.39, 0.29) is 25.2 Å². The fourth-order valence-electron chi connectivity index (χ4n) is 1.88. The molecule has 8 heteroatoms. The Bertz CT molecular complexity index is 770. The van der Waals surface area contributed by atoms with Gasteiger partial charge in [0.2, 0.25) is 0 Å². The number of amides is 1. The maximum atomic E-state index is 12.0. The highest BCUT2D eigenvalue weighted by Crippen LogP contribution is 2.17. The van der Waals surface area contributed by atoms with Gasteiger partial charge in [-0.1, -0.05) is 24.7 Å². The zero-order chi connectivity index (χ0) is 21.1. The quantitative estimate of drug-likeness (QED) is 0.173. The van der Waals surface area contributed by atoms with Crippen molar-refractivity contribution in [2.24, 2.45) is 5.16 Å². The van der Waals surface area contributed by atoms with Crippen molar-refractivity contribution in [2.75, 3.05) is 18.5 Å². The molecule has 0 fully saturated rings. The van der Waals surface area contributed by atoms with Gasteiger partial charge in [0.05, 0.1) is 12.1 Å². The Morgan fingerprint density at radius 3 is 2.46 bits per heavy atom. The summed E-state index contributed by atoms with van der Waals surface area (Å²) in [5.41, 5.74) is 2.99. The van der Waals surface area contributed by atoms with Crippen LogP contribution in [0.4, 0.5) is 10.5 Å². The topological polar surface area (TPSA) is 103 Å².